The molecule has 0 amide bonds. The molecule has 0 unspecified atom stereocenters. The Morgan fingerprint density at radius 2 is 2.25 bits per heavy atom. The lowest BCUT2D eigenvalue weighted by Gasteiger charge is -2.11. The quantitative estimate of drug-likeness (QED) is 0.795. The molecule has 7 heteroatoms. The van der Waals surface area contributed by atoms with Gasteiger partial charge in [0.05, 0.1) is 21.6 Å². The lowest BCUT2D eigenvalue weighted by molar-refractivity contribution is 0.0161. The molecule has 1 aliphatic rings. The van der Waals surface area contributed by atoms with E-state index < -0.39 is 15.8 Å². The van der Waals surface area contributed by atoms with Crippen LogP contribution >= 0.6 is 11.6 Å². The van der Waals surface area contributed by atoms with E-state index in [9.17, 15) is 13.2 Å². The van der Waals surface area contributed by atoms with E-state index in [4.69, 9.17) is 21.1 Å². The molecule has 110 valence electrons. The predicted molar refractivity (Wildman–Crippen MR) is 73.8 cm³/mol. The van der Waals surface area contributed by atoms with E-state index in [-0.39, 0.29) is 28.2 Å². The molecule has 0 bridgehead atoms. The number of ether oxygens (including phenoxy) is 2. The fraction of sp³-hybridized carbons (Fsp3) is 0.462. The molecule has 1 heterocycles. The summed E-state index contributed by atoms with van der Waals surface area (Å²) >= 11 is 5.91. The van der Waals surface area contributed by atoms with Crippen molar-refractivity contribution in [2.75, 3.05) is 19.5 Å². The number of carbonyl (C=O) groups is 1. The molecule has 1 aliphatic heterocycles. The summed E-state index contributed by atoms with van der Waals surface area (Å²) in [6.07, 6.45) is 2.78. The van der Waals surface area contributed by atoms with Gasteiger partial charge in [-0.15, -0.1) is 0 Å². The predicted octanol–water partition coefficient (Wildman–Crippen LogP) is 2.08. The van der Waals surface area contributed by atoms with Gasteiger partial charge in [0.1, 0.15) is 6.61 Å². The van der Waals surface area contributed by atoms with E-state index in [1.807, 2.05) is 0 Å². The molecule has 1 aromatic rings. The van der Waals surface area contributed by atoms with E-state index in [1.54, 1.807) is 0 Å². The third-order valence-electron chi connectivity index (χ3n) is 3.01. The van der Waals surface area contributed by atoms with E-state index >= 15 is 0 Å². The zero-order valence-corrected chi connectivity index (χ0v) is 12.5. The third-order valence-corrected chi connectivity index (χ3v) is 4.45. The van der Waals surface area contributed by atoms with Crippen LogP contribution < -0.4 is 0 Å². The van der Waals surface area contributed by atoms with Crippen LogP contribution in [0.1, 0.15) is 23.2 Å². The summed E-state index contributed by atoms with van der Waals surface area (Å²) in [5, 5.41) is 0.162. The van der Waals surface area contributed by atoms with E-state index in [2.05, 4.69) is 0 Å². The maximum absolute atomic E-state index is 11.9. The molecule has 0 radical (unpaired) electrons. The zero-order chi connectivity index (χ0) is 14.8. The summed E-state index contributed by atoms with van der Waals surface area (Å²) in [7, 11) is -3.40. The van der Waals surface area contributed by atoms with Crippen LogP contribution in [0.15, 0.2) is 23.1 Å². The Morgan fingerprint density at radius 3 is 2.85 bits per heavy atom. The molecule has 1 fully saturated rings. The number of esters is 1. The second-order valence-corrected chi connectivity index (χ2v) is 7.07. The van der Waals surface area contributed by atoms with Gasteiger partial charge >= 0.3 is 5.97 Å². The first-order valence-electron chi connectivity index (χ1n) is 6.16. The number of benzene rings is 1. The third kappa shape index (κ3) is 3.71. The molecule has 0 aromatic heterocycles. The molecular formula is C13H15ClO5S. The van der Waals surface area contributed by atoms with Crippen LogP contribution in [0.25, 0.3) is 0 Å². The summed E-state index contributed by atoms with van der Waals surface area (Å²) in [5.41, 5.74) is 0.0487. The van der Waals surface area contributed by atoms with Crippen LogP contribution in [0.3, 0.4) is 0 Å². The first-order valence-corrected chi connectivity index (χ1v) is 8.43. The normalized spacial score (nSPS) is 19.0. The van der Waals surface area contributed by atoms with Crippen molar-refractivity contribution in [3.63, 3.8) is 0 Å². The molecule has 0 spiro atoms. The Labute approximate surface area is 122 Å². The molecule has 1 aromatic carbocycles. The minimum atomic E-state index is -3.40. The molecule has 2 rings (SSSR count). The van der Waals surface area contributed by atoms with Gasteiger partial charge in [0.15, 0.2) is 9.84 Å². The fourth-order valence-corrected chi connectivity index (χ4v) is 2.76. The highest BCUT2D eigenvalue weighted by atomic mass is 35.5. The Kier molecular flexibility index (Phi) is 4.67. The average molecular weight is 319 g/mol. The van der Waals surface area contributed by atoms with Crippen LogP contribution in [-0.4, -0.2) is 40.0 Å². The lowest BCUT2D eigenvalue weighted by Crippen LogP contribution is -2.18. The monoisotopic (exact) mass is 318 g/mol. The first kappa shape index (κ1) is 15.3. The minimum absolute atomic E-state index is 0.0333. The molecule has 1 atom stereocenters. The molecular weight excluding hydrogens is 304 g/mol. The smallest absolute Gasteiger partial charge is 0.339 e. The second kappa shape index (κ2) is 6.11. The van der Waals surface area contributed by atoms with Crippen LogP contribution in [0.5, 0.6) is 0 Å². The van der Waals surface area contributed by atoms with Crippen molar-refractivity contribution in [2.24, 2.45) is 0 Å². The summed E-state index contributed by atoms with van der Waals surface area (Å²) in [5.74, 6) is -0.643. The molecule has 0 N–H and O–H groups in total. The number of hydrogen-bond acceptors (Lipinski definition) is 5. The van der Waals surface area contributed by atoms with Crippen molar-refractivity contribution < 1.29 is 22.7 Å². The SMILES string of the molecule is CS(=O)(=O)c1ccc(Cl)c(C(=O)OC[C@@H]2CCCO2)c1. The van der Waals surface area contributed by atoms with Gasteiger partial charge < -0.3 is 9.47 Å². The topological polar surface area (TPSA) is 69.7 Å². The van der Waals surface area contributed by atoms with E-state index in [0.29, 0.717) is 6.61 Å². The van der Waals surface area contributed by atoms with Gasteiger partial charge in [-0.3, -0.25) is 0 Å². The van der Waals surface area contributed by atoms with Crippen LogP contribution in [-0.2, 0) is 19.3 Å². The van der Waals surface area contributed by atoms with Gasteiger partial charge in [0.25, 0.3) is 0 Å². The molecule has 5 nitrogen and oxygen atoms in total. The van der Waals surface area contributed by atoms with Gasteiger partial charge in [-0.05, 0) is 31.0 Å². The summed E-state index contributed by atoms with van der Waals surface area (Å²) in [4.78, 5) is 12.0. The average Bonchev–Trinajstić information content (AvgIpc) is 2.88. The molecule has 0 saturated carbocycles. The molecule has 20 heavy (non-hydrogen) atoms. The molecule has 1 saturated heterocycles. The number of rotatable bonds is 4. The van der Waals surface area contributed by atoms with Crippen LogP contribution in [0, 0.1) is 0 Å². The standard InChI is InChI=1S/C13H15ClO5S/c1-20(16,17)10-4-5-12(14)11(7-10)13(15)19-8-9-3-2-6-18-9/h4-5,7,9H,2-3,6,8H2,1H3/t9-/m0/s1. The van der Waals surface area contributed by atoms with Crippen molar-refractivity contribution in [1.82, 2.24) is 0 Å². The van der Waals surface area contributed by atoms with Crippen molar-refractivity contribution >= 4 is 27.4 Å². The first-order chi connectivity index (χ1) is 9.38. The number of hydrogen-bond donors (Lipinski definition) is 0. The Balaban J connectivity index is 2.12. The fourth-order valence-electron chi connectivity index (χ4n) is 1.91. The Hall–Kier alpha value is -1.11. The Morgan fingerprint density at radius 1 is 1.50 bits per heavy atom. The van der Waals surface area contributed by atoms with Gasteiger partial charge in [-0.1, -0.05) is 11.6 Å². The van der Waals surface area contributed by atoms with Gasteiger partial charge in [-0.25, -0.2) is 13.2 Å². The lowest BCUT2D eigenvalue weighted by atomic mass is 10.2. The maximum Gasteiger partial charge on any atom is 0.339 e. The summed E-state index contributed by atoms with van der Waals surface area (Å²) in [6.45, 7) is 0.824. The van der Waals surface area contributed by atoms with Crippen molar-refractivity contribution in [1.29, 1.82) is 0 Å². The van der Waals surface area contributed by atoms with Gasteiger partial charge in [0, 0.05) is 12.9 Å². The minimum Gasteiger partial charge on any atom is -0.459 e. The van der Waals surface area contributed by atoms with E-state index in [0.717, 1.165) is 19.1 Å². The zero-order valence-electron chi connectivity index (χ0n) is 11.0. The highest BCUT2D eigenvalue weighted by Crippen LogP contribution is 2.22. The number of halogens is 1. The number of sulfone groups is 1. The second-order valence-electron chi connectivity index (χ2n) is 4.65. The Bertz CT molecular complexity index is 605. The number of carbonyl (C=O) groups excluding carboxylic acids is 1. The van der Waals surface area contributed by atoms with Crippen molar-refractivity contribution in [2.45, 2.75) is 23.8 Å². The van der Waals surface area contributed by atoms with E-state index in [1.165, 1.54) is 18.2 Å². The van der Waals surface area contributed by atoms with Crippen molar-refractivity contribution in [3.05, 3.63) is 28.8 Å². The highest BCUT2D eigenvalue weighted by molar-refractivity contribution is 7.90. The van der Waals surface area contributed by atoms with Gasteiger partial charge in [-0.2, -0.15) is 0 Å². The summed E-state index contributed by atoms with van der Waals surface area (Å²) < 4.78 is 33.4. The largest absolute Gasteiger partial charge is 0.459 e. The maximum atomic E-state index is 11.9. The van der Waals surface area contributed by atoms with Crippen LogP contribution in [0.2, 0.25) is 5.02 Å². The molecule has 0 aliphatic carbocycles. The van der Waals surface area contributed by atoms with Crippen LogP contribution in [0.4, 0.5) is 0 Å². The highest BCUT2D eigenvalue weighted by Gasteiger charge is 2.20. The summed E-state index contributed by atoms with van der Waals surface area (Å²) in [6, 6.07) is 3.96. The van der Waals surface area contributed by atoms with Gasteiger partial charge in [0.2, 0.25) is 0 Å². The van der Waals surface area contributed by atoms with Crippen molar-refractivity contribution in [3.8, 4) is 0 Å².